The van der Waals surface area contributed by atoms with Gasteiger partial charge in [0.05, 0.1) is 18.2 Å². The van der Waals surface area contributed by atoms with Gasteiger partial charge in [0.25, 0.3) is 0 Å². The van der Waals surface area contributed by atoms with E-state index in [-0.39, 0.29) is 5.92 Å². The third kappa shape index (κ3) is 2.35. The Labute approximate surface area is 94.2 Å². The second-order valence-electron chi connectivity index (χ2n) is 4.01. The van der Waals surface area contributed by atoms with Gasteiger partial charge in [0.15, 0.2) is 0 Å². The van der Waals surface area contributed by atoms with Crippen LogP contribution in [0.2, 0.25) is 0 Å². The number of carbonyl (C=O) groups is 1. The Bertz CT molecular complexity index is 388. The molecule has 0 saturated heterocycles. The van der Waals surface area contributed by atoms with E-state index in [4.69, 9.17) is 0 Å². The van der Waals surface area contributed by atoms with Crippen LogP contribution in [0.3, 0.4) is 0 Å². The molecule has 0 aliphatic heterocycles. The van der Waals surface area contributed by atoms with Crippen LogP contribution in [0.4, 0.5) is 4.39 Å². The molecule has 16 heavy (non-hydrogen) atoms. The summed E-state index contributed by atoms with van der Waals surface area (Å²) < 4.78 is 13.4. The van der Waals surface area contributed by atoms with Gasteiger partial charge in [-0.3, -0.25) is 4.99 Å². The fourth-order valence-electron chi connectivity index (χ4n) is 1.97. The van der Waals surface area contributed by atoms with E-state index in [2.05, 4.69) is 4.99 Å². The molecule has 2 nitrogen and oxygen atoms in total. The standard InChI is InChI=1S/C13H14FNO/c14-12-7-6-11(9-16)13(12)15-8-10-4-2-1-3-5-10/h1-5,9,11-12H,6-8H2. The third-order valence-corrected chi connectivity index (χ3v) is 2.88. The average Bonchev–Trinajstić information content (AvgIpc) is 2.69. The zero-order chi connectivity index (χ0) is 11.4. The highest BCUT2D eigenvalue weighted by Crippen LogP contribution is 2.24. The maximum absolute atomic E-state index is 13.4. The Morgan fingerprint density at radius 2 is 2.06 bits per heavy atom. The van der Waals surface area contributed by atoms with E-state index in [0.29, 0.717) is 25.1 Å². The molecule has 0 heterocycles. The lowest BCUT2D eigenvalue weighted by molar-refractivity contribution is -0.109. The predicted molar refractivity (Wildman–Crippen MR) is 61.3 cm³/mol. The minimum atomic E-state index is -1.03. The first-order valence-corrected chi connectivity index (χ1v) is 5.49. The average molecular weight is 219 g/mol. The number of nitrogens with zero attached hydrogens (tertiary/aromatic N) is 1. The number of carbonyl (C=O) groups excluding carboxylic acids is 1. The van der Waals surface area contributed by atoms with Crippen LogP contribution in [0.25, 0.3) is 0 Å². The number of rotatable bonds is 3. The van der Waals surface area contributed by atoms with E-state index >= 15 is 0 Å². The molecule has 1 aliphatic carbocycles. The summed E-state index contributed by atoms with van der Waals surface area (Å²) >= 11 is 0. The Morgan fingerprint density at radius 3 is 2.75 bits per heavy atom. The summed E-state index contributed by atoms with van der Waals surface area (Å²) in [6.07, 6.45) is 0.803. The molecule has 0 N–H and O–H groups in total. The molecular formula is C13H14FNO. The van der Waals surface area contributed by atoms with Crippen LogP contribution in [0.5, 0.6) is 0 Å². The minimum absolute atomic E-state index is 0.307. The van der Waals surface area contributed by atoms with Crippen LogP contribution in [0.1, 0.15) is 18.4 Å². The van der Waals surface area contributed by atoms with Crippen molar-refractivity contribution in [2.45, 2.75) is 25.6 Å². The monoisotopic (exact) mass is 219 g/mol. The molecule has 2 atom stereocenters. The first-order valence-electron chi connectivity index (χ1n) is 5.49. The smallest absolute Gasteiger partial charge is 0.138 e. The van der Waals surface area contributed by atoms with Crippen LogP contribution in [0, 0.1) is 5.92 Å². The van der Waals surface area contributed by atoms with Gasteiger partial charge < -0.3 is 4.79 Å². The summed E-state index contributed by atoms with van der Waals surface area (Å²) in [5.41, 5.74) is 1.47. The van der Waals surface area contributed by atoms with Crippen molar-refractivity contribution in [1.82, 2.24) is 0 Å². The lowest BCUT2D eigenvalue weighted by Gasteiger charge is -2.05. The van der Waals surface area contributed by atoms with Gasteiger partial charge in [-0.2, -0.15) is 0 Å². The van der Waals surface area contributed by atoms with Crippen molar-refractivity contribution in [2.75, 3.05) is 0 Å². The molecule has 0 radical (unpaired) electrons. The molecule has 1 saturated carbocycles. The Hall–Kier alpha value is -1.51. The molecule has 1 aromatic rings. The van der Waals surface area contributed by atoms with Crippen molar-refractivity contribution in [3.8, 4) is 0 Å². The lowest BCUT2D eigenvalue weighted by atomic mass is 10.1. The predicted octanol–water partition coefficient (Wildman–Crippen LogP) is 2.57. The number of alkyl halides is 1. The first-order chi connectivity index (χ1) is 7.81. The zero-order valence-electron chi connectivity index (χ0n) is 8.97. The fraction of sp³-hybridized carbons (Fsp3) is 0.385. The highest BCUT2D eigenvalue weighted by molar-refractivity contribution is 6.01. The second-order valence-corrected chi connectivity index (χ2v) is 4.01. The Morgan fingerprint density at radius 1 is 1.31 bits per heavy atom. The van der Waals surface area contributed by atoms with E-state index in [0.717, 1.165) is 11.8 Å². The molecule has 1 fully saturated rings. The number of halogens is 1. The SMILES string of the molecule is O=CC1CCC(F)C1=NCc1ccccc1. The Kier molecular flexibility index (Phi) is 3.44. The van der Waals surface area contributed by atoms with Crippen molar-refractivity contribution in [1.29, 1.82) is 0 Å². The maximum Gasteiger partial charge on any atom is 0.138 e. The minimum Gasteiger partial charge on any atom is -0.303 e. The molecule has 2 rings (SSSR count). The van der Waals surface area contributed by atoms with Gasteiger partial charge in [0, 0.05) is 0 Å². The summed E-state index contributed by atoms with van der Waals surface area (Å²) in [6.45, 7) is 0.459. The Balaban J connectivity index is 2.09. The van der Waals surface area contributed by atoms with E-state index in [1.165, 1.54) is 0 Å². The zero-order valence-corrected chi connectivity index (χ0v) is 8.97. The molecule has 0 aromatic heterocycles. The largest absolute Gasteiger partial charge is 0.303 e. The van der Waals surface area contributed by atoms with E-state index in [1.54, 1.807) is 0 Å². The van der Waals surface area contributed by atoms with Crippen LogP contribution < -0.4 is 0 Å². The van der Waals surface area contributed by atoms with Crippen molar-refractivity contribution in [3.05, 3.63) is 35.9 Å². The number of aldehydes is 1. The topological polar surface area (TPSA) is 29.4 Å². The fourth-order valence-corrected chi connectivity index (χ4v) is 1.97. The van der Waals surface area contributed by atoms with Gasteiger partial charge in [0.2, 0.25) is 0 Å². The molecule has 3 heteroatoms. The number of hydrogen-bond acceptors (Lipinski definition) is 2. The van der Waals surface area contributed by atoms with Crippen LogP contribution in [0.15, 0.2) is 35.3 Å². The molecule has 0 bridgehead atoms. The van der Waals surface area contributed by atoms with Gasteiger partial charge in [-0.15, -0.1) is 0 Å². The quantitative estimate of drug-likeness (QED) is 0.718. The van der Waals surface area contributed by atoms with E-state index in [9.17, 15) is 9.18 Å². The van der Waals surface area contributed by atoms with E-state index < -0.39 is 6.17 Å². The molecule has 2 unspecified atom stereocenters. The van der Waals surface area contributed by atoms with E-state index in [1.807, 2.05) is 30.3 Å². The highest BCUT2D eigenvalue weighted by Gasteiger charge is 2.31. The van der Waals surface area contributed by atoms with Crippen LogP contribution >= 0.6 is 0 Å². The number of hydrogen-bond donors (Lipinski definition) is 0. The summed E-state index contributed by atoms with van der Waals surface area (Å²) in [5.74, 6) is -0.307. The summed E-state index contributed by atoms with van der Waals surface area (Å²) in [6, 6.07) is 9.67. The van der Waals surface area contributed by atoms with Crippen molar-refractivity contribution in [3.63, 3.8) is 0 Å². The maximum atomic E-state index is 13.4. The van der Waals surface area contributed by atoms with Gasteiger partial charge in [0.1, 0.15) is 12.5 Å². The molecular weight excluding hydrogens is 205 g/mol. The van der Waals surface area contributed by atoms with Crippen molar-refractivity contribution < 1.29 is 9.18 Å². The summed E-state index contributed by atoms with van der Waals surface area (Å²) in [4.78, 5) is 15.0. The normalized spacial score (nSPS) is 27.2. The summed E-state index contributed by atoms with van der Waals surface area (Å²) in [5, 5.41) is 0. The highest BCUT2D eigenvalue weighted by atomic mass is 19.1. The molecule has 1 aromatic carbocycles. The molecule has 84 valence electrons. The van der Waals surface area contributed by atoms with Gasteiger partial charge >= 0.3 is 0 Å². The van der Waals surface area contributed by atoms with Gasteiger partial charge in [-0.1, -0.05) is 30.3 Å². The van der Waals surface area contributed by atoms with Gasteiger partial charge in [-0.05, 0) is 18.4 Å². The third-order valence-electron chi connectivity index (χ3n) is 2.88. The van der Waals surface area contributed by atoms with Crippen molar-refractivity contribution in [2.24, 2.45) is 10.9 Å². The second kappa shape index (κ2) is 5.01. The molecule has 0 spiro atoms. The summed E-state index contributed by atoms with van der Waals surface area (Å²) in [7, 11) is 0. The molecule has 0 amide bonds. The number of aliphatic imine (C=N–C) groups is 1. The lowest BCUT2D eigenvalue weighted by Crippen LogP contribution is -2.16. The van der Waals surface area contributed by atoms with Crippen LogP contribution in [-0.4, -0.2) is 18.2 Å². The first kappa shape index (κ1) is 11.0. The van der Waals surface area contributed by atoms with Crippen LogP contribution in [-0.2, 0) is 11.3 Å². The molecule has 1 aliphatic rings. The van der Waals surface area contributed by atoms with Gasteiger partial charge in [-0.25, -0.2) is 4.39 Å². The number of benzene rings is 1. The van der Waals surface area contributed by atoms with Crippen molar-refractivity contribution >= 4 is 12.0 Å².